The number of hydrogen-bond acceptors (Lipinski definition) is 5. The van der Waals surface area contributed by atoms with Crippen LogP contribution in [0, 0.1) is 24.0 Å². The Labute approximate surface area is 125 Å². The molecule has 2 heterocycles. The first-order valence-corrected chi connectivity index (χ1v) is 7.22. The number of aromatic nitrogens is 1. The first-order chi connectivity index (χ1) is 9.38. The van der Waals surface area contributed by atoms with Gasteiger partial charge in [0.2, 0.25) is 5.82 Å². The SMILES string of the molecule is Cc1cc(C(C)Nc2nc(Cl)ccc2[N+](=O)[O-])c(C)s1. The molecule has 1 unspecified atom stereocenters. The van der Waals surface area contributed by atoms with Crippen LogP contribution in [0.5, 0.6) is 0 Å². The second kappa shape index (κ2) is 5.76. The molecule has 2 aromatic heterocycles. The minimum atomic E-state index is -0.468. The first-order valence-electron chi connectivity index (χ1n) is 6.03. The Bertz CT molecular complexity index is 657. The van der Waals surface area contributed by atoms with Crippen molar-refractivity contribution >= 4 is 34.4 Å². The van der Waals surface area contributed by atoms with Crippen LogP contribution in [0.15, 0.2) is 18.2 Å². The van der Waals surface area contributed by atoms with Crippen LogP contribution >= 0.6 is 22.9 Å². The second-order valence-corrected chi connectivity index (χ2v) is 6.34. The van der Waals surface area contributed by atoms with E-state index in [0.717, 1.165) is 5.56 Å². The number of halogens is 1. The maximum atomic E-state index is 11.0. The van der Waals surface area contributed by atoms with E-state index < -0.39 is 4.92 Å². The molecule has 1 N–H and O–H groups in total. The summed E-state index contributed by atoms with van der Waals surface area (Å²) in [4.78, 5) is 16.9. The van der Waals surface area contributed by atoms with Gasteiger partial charge in [0, 0.05) is 15.8 Å². The van der Waals surface area contributed by atoms with Crippen molar-refractivity contribution in [3.63, 3.8) is 0 Å². The lowest BCUT2D eigenvalue weighted by atomic mass is 10.1. The molecule has 0 amide bonds. The van der Waals surface area contributed by atoms with Crippen molar-refractivity contribution in [2.45, 2.75) is 26.8 Å². The molecular weight excluding hydrogens is 298 g/mol. The number of anilines is 1. The Morgan fingerprint density at radius 1 is 1.45 bits per heavy atom. The number of pyridine rings is 1. The van der Waals surface area contributed by atoms with E-state index in [1.54, 1.807) is 11.3 Å². The zero-order valence-electron chi connectivity index (χ0n) is 11.3. The van der Waals surface area contributed by atoms with Gasteiger partial charge in [-0.3, -0.25) is 10.1 Å². The van der Waals surface area contributed by atoms with Gasteiger partial charge < -0.3 is 5.32 Å². The number of rotatable bonds is 4. The van der Waals surface area contributed by atoms with Gasteiger partial charge in [0.05, 0.1) is 11.0 Å². The molecule has 0 saturated carbocycles. The Balaban J connectivity index is 2.32. The predicted octanol–water partition coefficient (Wildman–Crippen LogP) is 4.49. The number of thiophene rings is 1. The van der Waals surface area contributed by atoms with Crippen molar-refractivity contribution in [2.75, 3.05) is 5.32 Å². The summed E-state index contributed by atoms with van der Waals surface area (Å²) in [7, 11) is 0. The molecule has 20 heavy (non-hydrogen) atoms. The van der Waals surface area contributed by atoms with E-state index >= 15 is 0 Å². The number of nitrogens with zero attached hydrogens (tertiary/aromatic N) is 2. The fourth-order valence-corrected chi connectivity index (χ4v) is 3.21. The largest absolute Gasteiger partial charge is 0.358 e. The third-order valence-electron chi connectivity index (χ3n) is 2.94. The highest BCUT2D eigenvalue weighted by Crippen LogP contribution is 2.31. The molecule has 0 saturated heterocycles. The van der Waals surface area contributed by atoms with Crippen molar-refractivity contribution in [2.24, 2.45) is 0 Å². The molecule has 7 heteroatoms. The zero-order chi connectivity index (χ0) is 14.9. The van der Waals surface area contributed by atoms with Crippen molar-refractivity contribution in [3.05, 3.63) is 48.8 Å². The highest BCUT2D eigenvalue weighted by Gasteiger charge is 2.19. The number of nitro groups is 1. The third kappa shape index (κ3) is 3.08. The molecule has 1 atom stereocenters. The Kier molecular flexibility index (Phi) is 4.25. The lowest BCUT2D eigenvalue weighted by molar-refractivity contribution is -0.384. The molecule has 0 aliphatic carbocycles. The highest BCUT2D eigenvalue weighted by atomic mass is 35.5. The summed E-state index contributed by atoms with van der Waals surface area (Å²) in [6.07, 6.45) is 0. The van der Waals surface area contributed by atoms with Gasteiger partial charge >= 0.3 is 5.69 Å². The summed E-state index contributed by atoms with van der Waals surface area (Å²) >= 11 is 7.52. The van der Waals surface area contributed by atoms with E-state index in [0.29, 0.717) is 0 Å². The van der Waals surface area contributed by atoms with Crippen LogP contribution in [0.3, 0.4) is 0 Å². The maximum absolute atomic E-state index is 11.0. The van der Waals surface area contributed by atoms with E-state index in [-0.39, 0.29) is 22.7 Å². The topological polar surface area (TPSA) is 68.1 Å². The van der Waals surface area contributed by atoms with Gasteiger partial charge in [-0.25, -0.2) is 4.98 Å². The third-order valence-corrected chi connectivity index (χ3v) is 4.13. The summed E-state index contributed by atoms with van der Waals surface area (Å²) in [5, 5.41) is 14.3. The van der Waals surface area contributed by atoms with Gasteiger partial charge in [0.25, 0.3) is 0 Å². The first kappa shape index (κ1) is 14.7. The normalized spacial score (nSPS) is 12.2. The molecule has 5 nitrogen and oxygen atoms in total. The summed E-state index contributed by atoms with van der Waals surface area (Å²) < 4.78 is 0. The molecule has 0 aliphatic rings. The number of nitrogens with one attached hydrogen (secondary N) is 1. The summed E-state index contributed by atoms with van der Waals surface area (Å²) in [5.74, 6) is 0.193. The Morgan fingerprint density at radius 3 is 2.70 bits per heavy atom. The summed E-state index contributed by atoms with van der Waals surface area (Å²) in [6, 6.07) is 4.77. The smallest absolute Gasteiger partial charge is 0.311 e. The number of aryl methyl sites for hydroxylation is 2. The van der Waals surface area contributed by atoms with Gasteiger partial charge in [-0.2, -0.15) is 0 Å². The van der Waals surface area contributed by atoms with E-state index in [4.69, 9.17) is 11.6 Å². The molecule has 0 aromatic carbocycles. The van der Waals surface area contributed by atoms with Crippen molar-refractivity contribution in [1.82, 2.24) is 4.98 Å². The molecule has 0 spiro atoms. The van der Waals surface area contributed by atoms with Crippen LogP contribution < -0.4 is 5.32 Å². The molecule has 2 aromatic rings. The molecule has 106 valence electrons. The Morgan fingerprint density at radius 2 is 2.15 bits per heavy atom. The van der Waals surface area contributed by atoms with Crippen LogP contribution in [0.1, 0.15) is 28.3 Å². The van der Waals surface area contributed by atoms with Gasteiger partial charge in [-0.1, -0.05) is 11.6 Å². The minimum absolute atomic E-state index is 0.0779. The monoisotopic (exact) mass is 311 g/mol. The van der Waals surface area contributed by atoms with Crippen LogP contribution in [0.2, 0.25) is 5.15 Å². The molecule has 0 bridgehead atoms. The minimum Gasteiger partial charge on any atom is -0.358 e. The fourth-order valence-electron chi connectivity index (χ4n) is 2.04. The van der Waals surface area contributed by atoms with Crippen LogP contribution in [0.25, 0.3) is 0 Å². The number of hydrogen-bond donors (Lipinski definition) is 1. The van der Waals surface area contributed by atoms with Crippen molar-refractivity contribution in [1.29, 1.82) is 0 Å². The van der Waals surface area contributed by atoms with Gasteiger partial charge in [-0.15, -0.1) is 11.3 Å². The lowest BCUT2D eigenvalue weighted by Gasteiger charge is -2.14. The van der Waals surface area contributed by atoms with Crippen molar-refractivity contribution in [3.8, 4) is 0 Å². The second-order valence-electron chi connectivity index (χ2n) is 4.49. The molecule has 0 radical (unpaired) electrons. The molecule has 0 fully saturated rings. The van der Waals surface area contributed by atoms with Gasteiger partial charge in [0.15, 0.2) is 0 Å². The van der Waals surface area contributed by atoms with E-state index in [1.165, 1.54) is 21.9 Å². The van der Waals surface area contributed by atoms with Crippen LogP contribution in [-0.2, 0) is 0 Å². The molecule has 2 rings (SSSR count). The fraction of sp³-hybridized carbons (Fsp3) is 0.308. The Hall–Kier alpha value is -1.66. The highest BCUT2D eigenvalue weighted by molar-refractivity contribution is 7.12. The average molecular weight is 312 g/mol. The molecule has 0 aliphatic heterocycles. The van der Waals surface area contributed by atoms with Gasteiger partial charge in [0.1, 0.15) is 5.15 Å². The maximum Gasteiger partial charge on any atom is 0.311 e. The lowest BCUT2D eigenvalue weighted by Crippen LogP contribution is -2.10. The predicted molar refractivity (Wildman–Crippen MR) is 81.7 cm³/mol. The quantitative estimate of drug-likeness (QED) is 0.513. The van der Waals surface area contributed by atoms with Crippen LogP contribution in [-0.4, -0.2) is 9.91 Å². The summed E-state index contributed by atoms with van der Waals surface area (Å²) in [5.41, 5.74) is 1.04. The van der Waals surface area contributed by atoms with E-state index in [1.807, 2.05) is 20.8 Å². The summed E-state index contributed by atoms with van der Waals surface area (Å²) in [6.45, 7) is 6.01. The van der Waals surface area contributed by atoms with Crippen molar-refractivity contribution < 1.29 is 4.92 Å². The standard InChI is InChI=1S/C13H14ClN3O2S/c1-7-6-10(9(3)20-7)8(2)15-13-11(17(18)19)4-5-12(14)16-13/h4-6,8H,1-3H3,(H,15,16). The molecular formula is C13H14ClN3O2S. The van der Waals surface area contributed by atoms with E-state index in [2.05, 4.69) is 16.4 Å². The average Bonchev–Trinajstić information content (AvgIpc) is 2.68. The zero-order valence-corrected chi connectivity index (χ0v) is 12.9. The van der Waals surface area contributed by atoms with Gasteiger partial charge in [-0.05, 0) is 38.5 Å². The van der Waals surface area contributed by atoms with E-state index in [9.17, 15) is 10.1 Å². The van der Waals surface area contributed by atoms with Crippen LogP contribution in [0.4, 0.5) is 11.5 Å².